The molecule has 0 fully saturated rings. The van der Waals surface area contributed by atoms with Gasteiger partial charge >= 0.3 is 5.97 Å². The number of halogens is 1. The van der Waals surface area contributed by atoms with Crippen LogP contribution in [-0.4, -0.2) is 39.5 Å². The number of guanidine groups is 1. The standard InChI is InChI=1S/C8H6ClN3O3/c9-4-1-10-8-11-2-5(7(14)15)6(13)12(8)3-4/h1-3,6,13H,(H,14,15)/t6-/m1/s1. The highest BCUT2D eigenvalue weighted by Gasteiger charge is 2.30. The van der Waals surface area contributed by atoms with Crippen LogP contribution >= 0.6 is 11.6 Å². The van der Waals surface area contributed by atoms with Crippen molar-refractivity contribution in [3.63, 3.8) is 0 Å². The second-order valence-electron chi connectivity index (χ2n) is 2.87. The maximum absolute atomic E-state index is 10.7. The Morgan fingerprint density at radius 3 is 3.00 bits per heavy atom. The first-order valence-electron chi connectivity index (χ1n) is 3.98. The Morgan fingerprint density at radius 2 is 2.33 bits per heavy atom. The number of aliphatic hydroxyl groups excluding tert-OH is 1. The Bertz CT molecular complexity index is 438. The van der Waals surface area contributed by atoms with Crippen LogP contribution in [-0.2, 0) is 4.79 Å². The molecule has 0 aliphatic carbocycles. The number of aliphatic imine (C=N–C) groups is 2. The molecule has 0 radical (unpaired) electrons. The summed E-state index contributed by atoms with van der Waals surface area (Å²) in [5, 5.41) is 18.7. The number of hydrogen-bond donors (Lipinski definition) is 2. The highest BCUT2D eigenvalue weighted by molar-refractivity contribution is 6.40. The molecule has 0 spiro atoms. The minimum absolute atomic E-state index is 0.205. The smallest absolute Gasteiger partial charge is 0.337 e. The number of fused-ring (bicyclic) bond motifs is 1. The number of nitrogens with zero attached hydrogens (tertiary/aromatic N) is 3. The maximum Gasteiger partial charge on any atom is 0.337 e. The zero-order chi connectivity index (χ0) is 11.0. The second-order valence-corrected chi connectivity index (χ2v) is 3.31. The largest absolute Gasteiger partial charge is 0.478 e. The van der Waals surface area contributed by atoms with Gasteiger partial charge < -0.3 is 10.2 Å². The summed E-state index contributed by atoms with van der Waals surface area (Å²) < 4.78 is 0. The van der Waals surface area contributed by atoms with Crippen LogP contribution in [0, 0.1) is 0 Å². The number of carboxylic acid groups (broad SMARTS) is 1. The van der Waals surface area contributed by atoms with Crippen molar-refractivity contribution in [2.75, 3.05) is 0 Å². The molecule has 2 aliphatic heterocycles. The molecule has 7 heteroatoms. The summed E-state index contributed by atoms with van der Waals surface area (Å²) in [5.74, 6) is -1.03. The fourth-order valence-corrected chi connectivity index (χ4v) is 1.35. The van der Waals surface area contributed by atoms with Crippen LogP contribution in [0.2, 0.25) is 0 Å². The molecule has 0 amide bonds. The molecule has 0 aromatic carbocycles. The van der Waals surface area contributed by atoms with E-state index in [0.29, 0.717) is 5.03 Å². The Kier molecular flexibility index (Phi) is 2.29. The van der Waals surface area contributed by atoms with E-state index in [0.717, 1.165) is 6.20 Å². The van der Waals surface area contributed by atoms with Gasteiger partial charge in [-0.3, -0.25) is 4.90 Å². The van der Waals surface area contributed by atoms with E-state index in [2.05, 4.69) is 9.98 Å². The summed E-state index contributed by atoms with van der Waals surface area (Å²) >= 11 is 5.67. The molecule has 2 heterocycles. The van der Waals surface area contributed by atoms with Crippen LogP contribution in [0.25, 0.3) is 0 Å². The molecule has 6 nitrogen and oxygen atoms in total. The van der Waals surface area contributed by atoms with Crippen molar-refractivity contribution >= 4 is 29.7 Å². The van der Waals surface area contributed by atoms with Gasteiger partial charge in [-0.2, -0.15) is 0 Å². The number of carboxylic acids is 1. The third-order valence-electron chi connectivity index (χ3n) is 1.90. The molecule has 78 valence electrons. The van der Waals surface area contributed by atoms with Crippen LogP contribution in [0.15, 0.2) is 33.0 Å². The lowest BCUT2D eigenvalue weighted by Crippen LogP contribution is -2.42. The van der Waals surface area contributed by atoms with Gasteiger partial charge in [0.25, 0.3) is 0 Å². The van der Waals surface area contributed by atoms with Gasteiger partial charge in [-0.05, 0) is 0 Å². The van der Waals surface area contributed by atoms with Crippen LogP contribution in [0.1, 0.15) is 0 Å². The Hall–Kier alpha value is -1.66. The first kappa shape index (κ1) is 9.88. The molecule has 0 aromatic rings. The number of hydrogen-bond acceptors (Lipinski definition) is 5. The lowest BCUT2D eigenvalue weighted by atomic mass is 10.2. The fourth-order valence-electron chi connectivity index (χ4n) is 1.20. The van der Waals surface area contributed by atoms with Crippen LogP contribution in [0.4, 0.5) is 0 Å². The van der Waals surface area contributed by atoms with Crippen molar-refractivity contribution in [3.05, 3.63) is 23.0 Å². The molecule has 0 aromatic heterocycles. The molecular weight excluding hydrogens is 222 g/mol. The Labute approximate surface area is 89.5 Å². The van der Waals surface area contributed by atoms with E-state index in [9.17, 15) is 9.90 Å². The monoisotopic (exact) mass is 227 g/mol. The molecule has 0 saturated carbocycles. The summed E-state index contributed by atoms with van der Waals surface area (Å²) in [5.41, 5.74) is -0.225. The molecule has 1 atom stereocenters. The van der Waals surface area contributed by atoms with E-state index in [-0.39, 0.29) is 11.5 Å². The van der Waals surface area contributed by atoms with Crippen molar-refractivity contribution in [2.45, 2.75) is 6.23 Å². The molecular formula is C8H6ClN3O3. The topological polar surface area (TPSA) is 85.5 Å². The number of allylic oxidation sites excluding steroid dienone is 1. The summed E-state index contributed by atoms with van der Waals surface area (Å²) in [6, 6.07) is 0. The molecule has 2 aliphatic rings. The minimum Gasteiger partial charge on any atom is -0.478 e. The minimum atomic E-state index is -1.32. The molecule has 0 bridgehead atoms. The Balaban J connectivity index is 2.40. The number of carbonyl (C=O) groups is 1. The molecule has 0 saturated heterocycles. The summed E-state index contributed by atoms with van der Waals surface area (Å²) in [6.07, 6.45) is 2.49. The molecule has 2 N–H and O–H groups in total. The predicted octanol–water partition coefficient (Wildman–Crippen LogP) is 0.110. The van der Waals surface area contributed by atoms with Gasteiger partial charge in [-0.25, -0.2) is 14.8 Å². The summed E-state index contributed by atoms with van der Waals surface area (Å²) in [4.78, 5) is 19.5. The van der Waals surface area contributed by atoms with Crippen molar-refractivity contribution < 1.29 is 15.0 Å². The van der Waals surface area contributed by atoms with E-state index >= 15 is 0 Å². The SMILES string of the molecule is O=C(O)C1=CN=C2N=CC(Cl)=CN2[C@@H]1O. The van der Waals surface area contributed by atoms with Crippen LogP contribution in [0.5, 0.6) is 0 Å². The van der Waals surface area contributed by atoms with Gasteiger partial charge in [0.2, 0.25) is 5.96 Å². The van der Waals surface area contributed by atoms with E-state index in [1.54, 1.807) is 0 Å². The Morgan fingerprint density at radius 1 is 1.60 bits per heavy atom. The normalized spacial score (nSPS) is 24.0. The zero-order valence-corrected chi connectivity index (χ0v) is 8.09. The first-order chi connectivity index (χ1) is 7.09. The molecule has 15 heavy (non-hydrogen) atoms. The van der Waals surface area contributed by atoms with Crippen molar-refractivity contribution in [2.24, 2.45) is 9.98 Å². The molecule has 2 rings (SSSR count). The highest BCUT2D eigenvalue weighted by atomic mass is 35.5. The van der Waals surface area contributed by atoms with E-state index in [1.807, 2.05) is 0 Å². The van der Waals surface area contributed by atoms with Gasteiger partial charge in [0.05, 0.1) is 11.2 Å². The zero-order valence-electron chi connectivity index (χ0n) is 7.33. The van der Waals surface area contributed by atoms with Crippen molar-refractivity contribution in [3.8, 4) is 0 Å². The van der Waals surface area contributed by atoms with Crippen LogP contribution < -0.4 is 0 Å². The average molecular weight is 228 g/mol. The van der Waals surface area contributed by atoms with Crippen molar-refractivity contribution in [1.82, 2.24) is 4.90 Å². The quantitative estimate of drug-likeness (QED) is 0.666. The van der Waals surface area contributed by atoms with Gasteiger partial charge in [0, 0.05) is 12.4 Å². The van der Waals surface area contributed by atoms with Gasteiger partial charge in [0.1, 0.15) is 5.57 Å². The summed E-state index contributed by atoms with van der Waals surface area (Å²) in [6.45, 7) is 0. The lowest BCUT2D eigenvalue weighted by Gasteiger charge is -2.29. The van der Waals surface area contributed by atoms with E-state index < -0.39 is 12.2 Å². The number of aliphatic hydroxyl groups is 1. The second kappa shape index (κ2) is 3.48. The first-order valence-corrected chi connectivity index (χ1v) is 4.36. The van der Waals surface area contributed by atoms with Crippen molar-refractivity contribution in [1.29, 1.82) is 0 Å². The lowest BCUT2D eigenvalue weighted by molar-refractivity contribution is -0.134. The number of rotatable bonds is 1. The average Bonchev–Trinajstić information content (AvgIpc) is 2.19. The maximum atomic E-state index is 10.7. The third kappa shape index (κ3) is 1.64. The summed E-state index contributed by atoms with van der Waals surface area (Å²) in [7, 11) is 0. The van der Waals surface area contributed by atoms with Gasteiger partial charge in [-0.15, -0.1) is 0 Å². The van der Waals surface area contributed by atoms with Crippen LogP contribution in [0.3, 0.4) is 0 Å². The van der Waals surface area contributed by atoms with Gasteiger partial charge in [-0.1, -0.05) is 11.6 Å². The highest BCUT2D eigenvalue weighted by Crippen LogP contribution is 2.20. The van der Waals surface area contributed by atoms with E-state index in [1.165, 1.54) is 17.3 Å². The third-order valence-corrected chi connectivity index (χ3v) is 2.10. The van der Waals surface area contributed by atoms with Gasteiger partial charge in [0.15, 0.2) is 6.23 Å². The number of aliphatic carboxylic acids is 1. The fraction of sp³-hybridized carbons (Fsp3) is 0.125. The molecule has 0 unspecified atom stereocenters. The van der Waals surface area contributed by atoms with E-state index in [4.69, 9.17) is 16.7 Å². The predicted molar refractivity (Wildman–Crippen MR) is 53.4 cm³/mol.